The lowest BCUT2D eigenvalue weighted by atomic mass is 10.2. The second-order valence-corrected chi connectivity index (χ2v) is 2.34. The number of methoxy groups -OCH3 is 2. The van der Waals surface area contributed by atoms with Crippen LogP contribution in [-0.2, 0) is 9.47 Å². The van der Waals surface area contributed by atoms with E-state index in [1.807, 2.05) is 6.92 Å². The van der Waals surface area contributed by atoms with Crippen LogP contribution in [-0.4, -0.2) is 14.2 Å². The standard InChI is InChI=1S/C10H16O2/c1-6-8(2)10(12-5)7-9(3)11-4/h7H,2-3,6H2,1,4-5H3. The quantitative estimate of drug-likeness (QED) is 0.464. The smallest absolute Gasteiger partial charge is 0.125 e. The maximum atomic E-state index is 5.10. The van der Waals surface area contributed by atoms with E-state index >= 15 is 0 Å². The maximum absolute atomic E-state index is 5.10. The predicted molar refractivity (Wildman–Crippen MR) is 50.7 cm³/mol. The average molecular weight is 168 g/mol. The second-order valence-electron chi connectivity index (χ2n) is 2.34. The zero-order valence-electron chi connectivity index (χ0n) is 8.02. The SMILES string of the molecule is C=C(C=C(OC)C(=C)CC)OC. The molecule has 0 aromatic rings. The van der Waals surface area contributed by atoms with Gasteiger partial charge in [-0.15, -0.1) is 0 Å². The molecule has 0 rings (SSSR count). The molecule has 0 heterocycles. The van der Waals surface area contributed by atoms with Crippen molar-refractivity contribution in [2.24, 2.45) is 0 Å². The molecular formula is C10H16O2. The van der Waals surface area contributed by atoms with Crippen molar-refractivity contribution >= 4 is 0 Å². The van der Waals surface area contributed by atoms with E-state index in [4.69, 9.17) is 9.47 Å². The molecule has 0 radical (unpaired) electrons. The minimum Gasteiger partial charge on any atom is -0.497 e. The van der Waals surface area contributed by atoms with Crippen LogP contribution < -0.4 is 0 Å². The van der Waals surface area contributed by atoms with Gasteiger partial charge in [0.1, 0.15) is 11.5 Å². The van der Waals surface area contributed by atoms with Crippen molar-refractivity contribution in [3.05, 3.63) is 36.3 Å². The van der Waals surface area contributed by atoms with Crippen molar-refractivity contribution in [2.45, 2.75) is 13.3 Å². The molecule has 2 nitrogen and oxygen atoms in total. The Morgan fingerprint density at radius 3 is 2.17 bits per heavy atom. The zero-order valence-corrected chi connectivity index (χ0v) is 8.02. The van der Waals surface area contributed by atoms with Crippen molar-refractivity contribution < 1.29 is 9.47 Å². The Morgan fingerprint density at radius 1 is 1.25 bits per heavy atom. The van der Waals surface area contributed by atoms with Crippen LogP contribution in [0.25, 0.3) is 0 Å². The first-order chi connectivity index (χ1) is 5.65. The lowest BCUT2D eigenvalue weighted by Gasteiger charge is -2.07. The molecule has 0 fully saturated rings. The minimum absolute atomic E-state index is 0.571. The Kier molecular flexibility index (Phi) is 4.93. The molecule has 0 saturated heterocycles. The molecule has 0 bridgehead atoms. The number of hydrogen-bond acceptors (Lipinski definition) is 2. The molecule has 2 heteroatoms. The van der Waals surface area contributed by atoms with Crippen LogP contribution in [0.5, 0.6) is 0 Å². The molecule has 0 saturated carbocycles. The van der Waals surface area contributed by atoms with E-state index in [1.165, 1.54) is 0 Å². The van der Waals surface area contributed by atoms with E-state index in [0.717, 1.165) is 17.8 Å². The second kappa shape index (κ2) is 5.47. The Morgan fingerprint density at radius 2 is 1.83 bits per heavy atom. The third kappa shape index (κ3) is 3.28. The summed E-state index contributed by atoms with van der Waals surface area (Å²) in [5.41, 5.74) is 0.940. The topological polar surface area (TPSA) is 18.5 Å². The van der Waals surface area contributed by atoms with Gasteiger partial charge in [-0.05, 0) is 12.0 Å². The summed E-state index contributed by atoms with van der Waals surface area (Å²) in [4.78, 5) is 0. The lowest BCUT2D eigenvalue weighted by molar-refractivity contribution is 0.281. The number of allylic oxidation sites excluding steroid dienone is 2. The Balaban J connectivity index is 4.43. The first kappa shape index (κ1) is 10.8. The summed E-state index contributed by atoms with van der Waals surface area (Å²) in [6.45, 7) is 9.52. The number of rotatable bonds is 5. The molecule has 0 N–H and O–H groups in total. The molecule has 0 aromatic carbocycles. The molecule has 0 aliphatic carbocycles. The lowest BCUT2D eigenvalue weighted by Crippen LogP contribution is -1.92. The van der Waals surface area contributed by atoms with E-state index in [0.29, 0.717) is 5.76 Å². The fraction of sp³-hybridized carbons (Fsp3) is 0.400. The van der Waals surface area contributed by atoms with E-state index in [9.17, 15) is 0 Å². The third-order valence-electron chi connectivity index (χ3n) is 1.55. The van der Waals surface area contributed by atoms with Gasteiger partial charge in [-0.2, -0.15) is 0 Å². The van der Waals surface area contributed by atoms with Crippen LogP contribution in [0.1, 0.15) is 13.3 Å². The van der Waals surface area contributed by atoms with Gasteiger partial charge in [-0.1, -0.05) is 20.1 Å². The van der Waals surface area contributed by atoms with Crippen LogP contribution in [0.3, 0.4) is 0 Å². The van der Waals surface area contributed by atoms with Crippen LogP contribution in [0, 0.1) is 0 Å². The summed E-state index contributed by atoms with van der Waals surface area (Å²) in [5.74, 6) is 1.30. The molecule has 68 valence electrons. The van der Waals surface area contributed by atoms with Gasteiger partial charge in [0.25, 0.3) is 0 Å². The molecule has 0 amide bonds. The first-order valence-electron chi connectivity index (χ1n) is 3.82. The number of hydrogen-bond donors (Lipinski definition) is 0. The fourth-order valence-corrected chi connectivity index (χ4v) is 0.685. The highest BCUT2D eigenvalue weighted by molar-refractivity contribution is 5.27. The zero-order chi connectivity index (χ0) is 9.56. The van der Waals surface area contributed by atoms with Crippen molar-refractivity contribution in [2.75, 3.05) is 14.2 Å². The average Bonchev–Trinajstić information content (AvgIpc) is 2.12. The summed E-state index contributed by atoms with van der Waals surface area (Å²) in [6.07, 6.45) is 2.59. The largest absolute Gasteiger partial charge is 0.497 e. The first-order valence-corrected chi connectivity index (χ1v) is 3.82. The monoisotopic (exact) mass is 168 g/mol. The van der Waals surface area contributed by atoms with Gasteiger partial charge >= 0.3 is 0 Å². The van der Waals surface area contributed by atoms with Crippen molar-refractivity contribution in [1.82, 2.24) is 0 Å². The third-order valence-corrected chi connectivity index (χ3v) is 1.55. The maximum Gasteiger partial charge on any atom is 0.125 e. The molecular weight excluding hydrogens is 152 g/mol. The number of ether oxygens (including phenoxy) is 2. The van der Waals surface area contributed by atoms with Crippen LogP contribution >= 0.6 is 0 Å². The fourth-order valence-electron chi connectivity index (χ4n) is 0.685. The Labute approximate surface area is 74.2 Å². The van der Waals surface area contributed by atoms with Crippen LogP contribution in [0.4, 0.5) is 0 Å². The van der Waals surface area contributed by atoms with Crippen LogP contribution in [0.2, 0.25) is 0 Å². The van der Waals surface area contributed by atoms with Gasteiger partial charge in [0.05, 0.1) is 14.2 Å². The molecule has 0 aromatic heterocycles. The Hall–Kier alpha value is -1.18. The van der Waals surface area contributed by atoms with Crippen LogP contribution in [0.15, 0.2) is 36.3 Å². The molecule has 0 aliphatic rings. The van der Waals surface area contributed by atoms with Gasteiger partial charge in [0.15, 0.2) is 0 Å². The van der Waals surface area contributed by atoms with E-state index in [1.54, 1.807) is 20.3 Å². The molecule has 0 atom stereocenters. The highest BCUT2D eigenvalue weighted by Crippen LogP contribution is 2.13. The predicted octanol–water partition coefficient (Wildman–Crippen LogP) is 2.64. The summed E-state index contributed by atoms with van der Waals surface area (Å²) in [7, 11) is 3.18. The minimum atomic E-state index is 0.571. The molecule has 0 unspecified atom stereocenters. The van der Waals surface area contributed by atoms with Crippen molar-refractivity contribution in [1.29, 1.82) is 0 Å². The van der Waals surface area contributed by atoms with Crippen molar-refractivity contribution in [3.63, 3.8) is 0 Å². The normalized spacial score (nSPS) is 10.8. The summed E-state index contributed by atoms with van der Waals surface area (Å²) in [5, 5.41) is 0. The summed E-state index contributed by atoms with van der Waals surface area (Å²) in [6, 6.07) is 0. The van der Waals surface area contributed by atoms with E-state index < -0.39 is 0 Å². The summed E-state index contributed by atoms with van der Waals surface area (Å²) < 4.78 is 9.98. The summed E-state index contributed by atoms with van der Waals surface area (Å²) >= 11 is 0. The van der Waals surface area contributed by atoms with Gasteiger partial charge in [0, 0.05) is 6.08 Å². The Bertz CT molecular complexity index is 202. The molecule has 0 spiro atoms. The molecule has 12 heavy (non-hydrogen) atoms. The van der Waals surface area contributed by atoms with Gasteiger partial charge in [-0.25, -0.2) is 0 Å². The molecule has 0 aliphatic heterocycles. The highest BCUT2D eigenvalue weighted by atomic mass is 16.5. The van der Waals surface area contributed by atoms with Gasteiger partial charge < -0.3 is 9.47 Å². The van der Waals surface area contributed by atoms with E-state index in [2.05, 4.69) is 13.2 Å². The highest BCUT2D eigenvalue weighted by Gasteiger charge is 2.00. The van der Waals surface area contributed by atoms with E-state index in [-0.39, 0.29) is 0 Å². The van der Waals surface area contributed by atoms with Gasteiger partial charge in [-0.3, -0.25) is 0 Å². The van der Waals surface area contributed by atoms with Gasteiger partial charge in [0.2, 0.25) is 0 Å². The van der Waals surface area contributed by atoms with Crippen molar-refractivity contribution in [3.8, 4) is 0 Å².